The van der Waals surface area contributed by atoms with Gasteiger partial charge in [0.15, 0.2) is 0 Å². The van der Waals surface area contributed by atoms with Gasteiger partial charge in [-0.15, -0.1) is 11.8 Å². The van der Waals surface area contributed by atoms with Crippen LogP contribution in [0.2, 0.25) is 0 Å². The summed E-state index contributed by atoms with van der Waals surface area (Å²) in [5.41, 5.74) is 0.777. The predicted octanol–water partition coefficient (Wildman–Crippen LogP) is 1.61. The van der Waals surface area contributed by atoms with E-state index in [-0.39, 0.29) is 11.3 Å². The molecule has 0 aromatic carbocycles. The summed E-state index contributed by atoms with van der Waals surface area (Å²) in [5, 5.41) is 9.42. The number of hydrogen-bond acceptors (Lipinski definition) is 4. The van der Waals surface area contributed by atoms with Crippen LogP contribution in [0.15, 0.2) is 30.5 Å². The van der Waals surface area contributed by atoms with Crippen molar-refractivity contribution in [3.8, 4) is 0 Å². The Morgan fingerprint density at radius 1 is 1.60 bits per heavy atom. The van der Waals surface area contributed by atoms with Crippen LogP contribution in [-0.2, 0) is 9.59 Å². The van der Waals surface area contributed by atoms with Gasteiger partial charge in [0.05, 0.1) is 22.2 Å². The average molecular weight is 290 g/mol. The smallest absolute Gasteiger partial charge is 0.328 e. The lowest BCUT2D eigenvalue weighted by Gasteiger charge is -2.36. The number of nitrogens with zero attached hydrogens (tertiary/aromatic N) is 2. The molecule has 0 spiro atoms. The molecule has 5 nitrogen and oxygen atoms in total. The van der Waals surface area contributed by atoms with Gasteiger partial charge in [0.1, 0.15) is 6.04 Å². The molecule has 1 amide bonds. The van der Waals surface area contributed by atoms with Crippen LogP contribution in [0.1, 0.15) is 19.0 Å². The van der Waals surface area contributed by atoms with Crippen molar-refractivity contribution < 1.29 is 14.7 Å². The summed E-state index contributed by atoms with van der Waals surface area (Å²) in [6.07, 6.45) is 5.79. The second-order valence-corrected chi connectivity index (χ2v) is 6.75. The van der Waals surface area contributed by atoms with Crippen LogP contribution in [0.3, 0.4) is 0 Å². The lowest BCUT2D eigenvalue weighted by atomic mass is 9.95. The van der Waals surface area contributed by atoms with Gasteiger partial charge in [0.2, 0.25) is 5.91 Å². The number of pyridine rings is 1. The summed E-state index contributed by atoms with van der Waals surface area (Å²) in [4.78, 5) is 28.8. The third-order valence-electron chi connectivity index (χ3n) is 3.67. The fourth-order valence-electron chi connectivity index (χ4n) is 2.66. The van der Waals surface area contributed by atoms with Crippen molar-refractivity contribution in [1.82, 2.24) is 9.88 Å². The zero-order valence-corrected chi connectivity index (χ0v) is 11.7. The van der Waals surface area contributed by atoms with Crippen molar-refractivity contribution >= 4 is 29.7 Å². The Bertz CT molecular complexity index is 589. The van der Waals surface area contributed by atoms with Crippen molar-refractivity contribution in [3.05, 3.63) is 36.2 Å². The summed E-state index contributed by atoms with van der Waals surface area (Å²) >= 11 is 1.53. The highest BCUT2D eigenvalue weighted by molar-refractivity contribution is 8.01. The lowest BCUT2D eigenvalue weighted by Crippen LogP contribution is -2.57. The molecule has 0 radical (unpaired) electrons. The summed E-state index contributed by atoms with van der Waals surface area (Å²) in [6.45, 7) is 1.86. The second-order valence-electron chi connectivity index (χ2n) is 5.09. The van der Waals surface area contributed by atoms with Crippen molar-refractivity contribution in [2.75, 3.05) is 0 Å². The van der Waals surface area contributed by atoms with E-state index in [1.54, 1.807) is 6.20 Å². The zero-order chi connectivity index (χ0) is 14.3. The van der Waals surface area contributed by atoms with Crippen molar-refractivity contribution in [2.45, 2.75) is 29.5 Å². The standard InChI is InChI=1S/C14H14N2O3S/c1-14(6-5-9-4-2-3-7-15-9)12(13(18)19)16-10(17)8-11(16)20-14/h2-7,11-12H,8H2,1H3,(H,18,19)/t11-,12+,14+/m1/s1. The molecule has 3 rings (SSSR count). The van der Waals surface area contributed by atoms with Crippen LogP contribution in [0.5, 0.6) is 0 Å². The van der Waals surface area contributed by atoms with Crippen molar-refractivity contribution in [2.24, 2.45) is 0 Å². The van der Waals surface area contributed by atoms with E-state index in [1.165, 1.54) is 16.7 Å². The molecule has 20 heavy (non-hydrogen) atoms. The van der Waals surface area contributed by atoms with Crippen LogP contribution < -0.4 is 0 Å². The molecule has 1 aromatic heterocycles. The van der Waals surface area contributed by atoms with E-state index in [0.717, 1.165) is 5.69 Å². The van der Waals surface area contributed by atoms with Crippen LogP contribution in [0.4, 0.5) is 0 Å². The molecular formula is C14H14N2O3S. The molecular weight excluding hydrogens is 276 g/mol. The Morgan fingerprint density at radius 2 is 2.40 bits per heavy atom. The highest BCUT2D eigenvalue weighted by Gasteiger charge is 2.59. The number of carboxylic acid groups (broad SMARTS) is 1. The van der Waals surface area contributed by atoms with Gasteiger partial charge >= 0.3 is 5.97 Å². The fourth-order valence-corrected chi connectivity index (χ4v) is 4.32. The van der Waals surface area contributed by atoms with E-state index in [1.807, 2.05) is 37.3 Å². The highest BCUT2D eigenvalue weighted by atomic mass is 32.2. The number of amides is 1. The Kier molecular flexibility index (Phi) is 3.05. The summed E-state index contributed by atoms with van der Waals surface area (Å²) in [7, 11) is 0. The number of carbonyl (C=O) groups is 2. The number of rotatable bonds is 3. The zero-order valence-electron chi connectivity index (χ0n) is 10.9. The fraction of sp³-hybridized carbons (Fsp3) is 0.357. The van der Waals surface area contributed by atoms with Gasteiger partial charge in [-0.2, -0.15) is 0 Å². The molecule has 0 bridgehead atoms. The Labute approximate surface area is 120 Å². The normalized spacial score (nSPS) is 32.2. The molecule has 6 heteroatoms. The number of hydrogen-bond donors (Lipinski definition) is 1. The Hall–Kier alpha value is -1.82. The number of carbonyl (C=O) groups excluding carboxylic acids is 1. The van der Waals surface area contributed by atoms with Crippen molar-refractivity contribution in [3.63, 3.8) is 0 Å². The van der Waals surface area contributed by atoms with Crippen LogP contribution in [0, 0.1) is 0 Å². The molecule has 3 atom stereocenters. The SMILES string of the molecule is C[C@@]1(C=Cc2ccccn2)S[C@@H]2CC(=O)N2[C@H]1C(=O)O. The van der Waals surface area contributed by atoms with Crippen LogP contribution in [-0.4, -0.2) is 43.0 Å². The maximum Gasteiger partial charge on any atom is 0.328 e. The quantitative estimate of drug-likeness (QED) is 0.856. The van der Waals surface area contributed by atoms with E-state index in [0.29, 0.717) is 6.42 Å². The van der Waals surface area contributed by atoms with Crippen LogP contribution in [0.25, 0.3) is 6.08 Å². The second kappa shape index (κ2) is 4.63. The van der Waals surface area contributed by atoms with E-state index in [4.69, 9.17) is 0 Å². The van der Waals surface area contributed by atoms with E-state index >= 15 is 0 Å². The van der Waals surface area contributed by atoms with Gasteiger partial charge in [-0.25, -0.2) is 4.79 Å². The van der Waals surface area contributed by atoms with Gasteiger partial charge < -0.3 is 10.0 Å². The molecule has 1 N–H and O–H groups in total. The third-order valence-corrected chi connectivity index (χ3v) is 5.20. The average Bonchev–Trinajstić information content (AvgIpc) is 2.66. The van der Waals surface area contributed by atoms with Crippen molar-refractivity contribution in [1.29, 1.82) is 0 Å². The first-order valence-electron chi connectivity index (χ1n) is 6.33. The first-order valence-corrected chi connectivity index (χ1v) is 7.21. The molecule has 104 valence electrons. The first kappa shape index (κ1) is 13.2. The van der Waals surface area contributed by atoms with E-state index in [9.17, 15) is 14.7 Å². The monoisotopic (exact) mass is 290 g/mol. The van der Waals surface area contributed by atoms with Gasteiger partial charge in [-0.3, -0.25) is 9.78 Å². The van der Waals surface area contributed by atoms with Gasteiger partial charge in [-0.05, 0) is 25.1 Å². The topological polar surface area (TPSA) is 70.5 Å². The minimum absolute atomic E-state index is 0.0121. The number of aliphatic carboxylic acids is 1. The molecule has 3 heterocycles. The summed E-state index contributed by atoms with van der Waals surface area (Å²) in [5.74, 6) is -1.04. The lowest BCUT2D eigenvalue weighted by molar-refractivity contribution is -0.156. The molecule has 2 fully saturated rings. The van der Waals surface area contributed by atoms with Crippen LogP contribution >= 0.6 is 11.8 Å². The number of fused-ring (bicyclic) bond motifs is 1. The molecule has 2 aliphatic rings. The number of aromatic nitrogens is 1. The van der Waals surface area contributed by atoms with E-state index < -0.39 is 16.8 Å². The van der Waals surface area contributed by atoms with E-state index in [2.05, 4.69) is 4.98 Å². The predicted molar refractivity (Wildman–Crippen MR) is 75.9 cm³/mol. The molecule has 1 aromatic rings. The van der Waals surface area contributed by atoms with Gasteiger partial charge in [-0.1, -0.05) is 12.1 Å². The molecule has 0 saturated carbocycles. The number of β-lactam (4-membered cyclic amide) rings is 1. The minimum Gasteiger partial charge on any atom is -0.480 e. The van der Waals surface area contributed by atoms with Gasteiger partial charge in [0.25, 0.3) is 0 Å². The number of thioether (sulfide) groups is 1. The number of carboxylic acids is 1. The Balaban J connectivity index is 1.88. The highest BCUT2D eigenvalue weighted by Crippen LogP contribution is 2.51. The molecule has 2 saturated heterocycles. The first-order chi connectivity index (χ1) is 9.51. The third kappa shape index (κ3) is 2.00. The molecule has 2 aliphatic heterocycles. The largest absolute Gasteiger partial charge is 0.480 e. The van der Waals surface area contributed by atoms with Gasteiger partial charge in [0, 0.05) is 6.20 Å². The summed E-state index contributed by atoms with van der Waals surface area (Å²) < 4.78 is -0.625. The Morgan fingerprint density at radius 3 is 3.00 bits per heavy atom. The minimum atomic E-state index is -0.957. The summed E-state index contributed by atoms with van der Waals surface area (Å²) in [6, 6.07) is 4.75. The molecule has 0 aliphatic carbocycles. The molecule has 0 unspecified atom stereocenters. The maximum absolute atomic E-state index is 11.6. The maximum atomic E-state index is 11.6.